The number of aryl methyl sites for hydroxylation is 1. The summed E-state index contributed by atoms with van der Waals surface area (Å²) in [7, 11) is -3.08. The highest BCUT2D eigenvalue weighted by molar-refractivity contribution is 7.91. The van der Waals surface area contributed by atoms with Crippen molar-refractivity contribution in [2.45, 2.75) is 25.9 Å². The minimum absolute atomic E-state index is 0.0602. The lowest BCUT2D eigenvalue weighted by Gasteiger charge is -2.11. The number of nitrogens with one attached hydrogen (secondary N) is 2. The summed E-state index contributed by atoms with van der Waals surface area (Å²) in [4.78, 5) is 28.8. The van der Waals surface area contributed by atoms with Crippen LogP contribution in [0.4, 0.5) is 0 Å². The number of sulfone groups is 1. The van der Waals surface area contributed by atoms with Gasteiger partial charge in [-0.1, -0.05) is 30.3 Å². The molecule has 1 aliphatic rings. The van der Waals surface area contributed by atoms with Gasteiger partial charge in [-0.3, -0.25) is 9.59 Å². The van der Waals surface area contributed by atoms with Crippen molar-refractivity contribution in [1.29, 1.82) is 0 Å². The first-order valence-electron chi connectivity index (χ1n) is 8.65. The van der Waals surface area contributed by atoms with E-state index in [4.69, 9.17) is 0 Å². The molecule has 142 valence electrons. The third-order valence-corrected chi connectivity index (χ3v) is 6.25. The molecule has 2 N–H and O–H groups in total. The van der Waals surface area contributed by atoms with Crippen LogP contribution in [-0.2, 0) is 16.4 Å². The first-order chi connectivity index (χ1) is 12.8. The van der Waals surface area contributed by atoms with E-state index < -0.39 is 21.8 Å². The minimum Gasteiger partial charge on any atom is -0.347 e. The Labute approximate surface area is 158 Å². The zero-order valence-corrected chi connectivity index (χ0v) is 15.8. The van der Waals surface area contributed by atoms with Crippen LogP contribution in [0.1, 0.15) is 38.5 Å². The molecule has 1 aliphatic heterocycles. The number of benzene rings is 1. The Morgan fingerprint density at radius 3 is 2.44 bits per heavy atom. The van der Waals surface area contributed by atoms with Crippen LogP contribution in [0.25, 0.3) is 0 Å². The summed E-state index contributed by atoms with van der Waals surface area (Å²) < 4.78 is 23.0. The van der Waals surface area contributed by atoms with Crippen molar-refractivity contribution in [3.05, 3.63) is 65.0 Å². The molecule has 0 bridgehead atoms. The predicted molar refractivity (Wildman–Crippen MR) is 101 cm³/mol. The average molecular weight is 387 g/mol. The molecule has 1 saturated heterocycles. The lowest BCUT2D eigenvalue weighted by atomic mass is 10.1. The second-order valence-corrected chi connectivity index (χ2v) is 8.82. The molecule has 8 heteroatoms. The zero-order valence-electron chi connectivity index (χ0n) is 14.9. The second-order valence-electron chi connectivity index (χ2n) is 6.59. The number of aromatic nitrogens is 1. The van der Waals surface area contributed by atoms with Gasteiger partial charge in [-0.25, -0.2) is 13.4 Å². The number of rotatable bonds is 5. The van der Waals surface area contributed by atoms with Crippen LogP contribution in [0.2, 0.25) is 0 Å². The molecule has 3 rings (SSSR count). The summed E-state index contributed by atoms with van der Waals surface area (Å²) in [6.45, 7) is 2.33. The van der Waals surface area contributed by atoms with E-state index in [-0.39, 0.29) is 28.8 Å². The van der Waals surface area contributed by atoms with Gasteiger partial charge in [0.2, 0.25) is 0 Å². The van der Waals surface area contributed by atoms with Crippen molar-refractivity contribution in [2.75, 3.05) is 11.5 Å². The van der Waals surface area contributed by atoms with Gasteiger partial charge < -0.3 is 10.6 Å². The highest BCUT2D eigenvalue weighted by Gasteiger charge is 2.29. The molecular formula is C19H21N3O4S. The van der Waals surface area contributed by atoms with Crippen LogP contribution >= 0.6 is 0 Å². The summed E-state index contributed by atoms with van der Waals surface area (Å²) in [5.74, 6) is -0.843. The van der Waals surface area contributed by atoms with E-state index in [2.05, 4.69) is 15.6 Å². The number of hydrogen-bond acceptors (Lipinski definition) is 5. The number of nitrogens with zero attached hydrogens (tertiary/aromatic N) is 1. The van der Waals surface area contributed by atoms with Gasteiger partial charge in [0.15, 0.2) is 9.84 Å². The molecule has 1 atom stereocenters. The Bertz CT molecular complexity index is 972. The molecule has 1 fully saturated rings. The maximum absolute atomic E-state index is 12.3. The van der Waals surface area contributed by atoms with E-state index in [1.807, 2.05) is 31.2 Å². The SMILES string of the molecule is Cc1ccccc1CNC(=O)c1cccc(C(=O)NC2CCS(=O)(=O)C2)n1. The molecule has 1 aromatic carbocycles. The standard InChI is InChI=1S/C19H21N3O4S/c1-13-5-2-3-6-14(13)11-20-18(23)16-7-4-8-17(22-16)19(24)21-15-9-10-27(25,26)12-15/h2-8,15H,9-12H2,1H3,(H,20,23)(H,21,24). The quantitative estimate of drug-likeness (QED) is 0.803. The van der Waals surface area contributed by atoms with Crippen LogP contribution in [0.5, 0.6) is 0 Å². The van der Waals surface area contributed by atoms with E-state index in [0.29, 0.717) is 13.0 Å². The Balaban J connectivity index is 1.63. The second kappa shape index (κ2) is 7.87. The number of carbonyl (C=O) groups is 2. The highest BCUT2D eigenvalue weighted by atomic mass is 32.2. The fraction of sp³-hybridized carbons (Fsp3) is 0.316. The third-order valence-electron chi connectivity index (χ3n) is 4.48. The van der Waals surface area contributed by atoms with Crippen LogP contribution in [0.15, 0.2) is 42.5 Å². The minimum atomic E-state index is -3.08. The van der Waals surface area contributed by atoms with Crippen molar-refractivity contribution in [3.63, 3.8) is 0 Å². The molecular weight excluding hydrogens is 366 g/mol. The topological polar surface area (TPSA) is 105 Å². The Morgan fingerprint density at radius 2 is 1.78 bits per heavy atom. The van der Waals surface area contributed by atoms with Gasteiger partial charge in [0.25, 0.3) is 11.8 Å². The first kappa shape index (κ1) is 19.0. The Hall–Kier alpha value is -2.74. The van der Waals surface area contributed by atoms with Crippen molar-refractivity contribution >= 4 is 21.7 Å². The van der Waals surface area contributed by atoms with Gasteiger partial charge in [-0.15, -0.1) is 0 Å². The molecule has 2 aromatic rings. The fourth-order valence-electron chi connectivity index (χ4n) is 2.93. The van der Waals surface area contributed by atoms with Gasteiger partial charge in [-0.2, -0.15) is 0 Å². The number of carbonyl (C=O) groups excluding carboxylic acids is 2. The van der Waals surface area contributed by atoms with Crippen molar-refractivity contribution in [3.8, 4) is 0 Å². The van der Waals surface area contributed by atoms with Crippen molar-refractivity contribution in [1.82, 2.24) is 15.6 Å². The monoisotopic (exact) mass is 387 g/mol. The summed E-state index contributed by atoms with van der Waals surface area (Å²) in [6.07, 6.45) is 0.394. The summed E-state index contributed by atoms with van der Waals surface area (Å²) in [5, 5.41) is 5.46. The Morgan fingerprint density at radius 1 is 1.07 bits per heavy atom. The van der Waals surface area contributed by atoms with E-state index in [0.717, 1.165) is 11.1 Å². The van der Waals surface area contributed by atoms with E-state index in [1.54, 1.807) is 6.07 Å². The average Bonchev–Trinajstić information content (AvgIpc) is 2.99. The molecule has 0 aliphatic carbocycles. The molecule has 1 aromatic heterocycles. The molecule has 1 unspecified atom stereocenters. The molecule has 27 heavy (non-hydrogen) atoms. The smallest absolute Gasteiger partial charge is 0.270 e. The highest BCUT2D eigenvalue weighted by Crippen LogP contribution is 2.12. The van der Waals surface area contributed by atoms with Gasteiger partial charge in [0.1, 0.15) is 11.4 Å². The molecule has 2 amide bonds. The van der Waals surface area contributed by atoms with E-state index >= 15 is 0 Å². The number of hydrogen-bond donors (Lipinski definition) is 2. The van der Waals surface area contributed by atoms with Crippen LogP contribution in [-0.4, -0.2) is 42.8 Å². The molecule has 0 saturated carbocycles. The van der Waals surface area contributed by atoms with E-state index in [1.165, 1.54) is 12.1 Å². The molecule has 7 nitrogen and oxygen atoms in total. The van der Waals surface area contributed by atoms with Crippen LogP contribution in [0, 0.1) is 6.92 Å². The van der Waals surface area contributed by atoms with Crippen molar-refractivity contribution in [2.24, 2.45) is 0 Å². The summed E-state index contributed by atoms with van der Waals surface area (Å²) >= 11 is 0. The van der Waals surface area contributed by atoms with Gasteiger partial charge in [-0.05, 0) is 36.6 Å². The number of pyridine rings is 1. The third kappa shape index (κ3) is 4.91. The summed E-state index contributed by atoms with van der Waals surface area (Å²) in [6, 6.07) is 11.9. The predicted octanol–water partition coefficient (Wildman–Crippen LogP) is 1.24. The van der Waals surface area contributed by atoms with Gasteiger partial charge in [0.05, 0.1) is 11.5 Å². The molecule has 0 spiro atoms. The lowest BCUT2D eigenvalue weighted by molar-refractivity contribution is 0.0934. The van der Waals surface area contributed by atoms with Crippen LogP contribution in [0.3, 0.4) is 0 Å². The summed E-state index contributed by atoms with van der Waals surface area (Å²) in [5.41, 5.74) is 2.30. The molecule has 2 heterocycles. The fourth-order valence-corrected chi connectivity index (χ4v) is 4.60. The largest absolute Gasteiger partial charge is 0.347 e. The maximum Gasteiger partial charge on any atom is 0.270 e. The number of amides is 2. The van der Waals surface area contributed by atoms with Crippen molar-refractivity contribution < 1.29 is 18.0 Å². The lowest BCUT2D eigenvalue weighted by Crippen LogP contribution is -2.36. The van der Waals surface area contributed by atoms with Gasteiger partial charge >= 0.3 is 0 Å². The van der Waals surface area contributed by atoms with Gasteiger partial charge in [0, 0.05) is 12.6 Å². The Kier molecular flexibility index (Phi) is 5.55. The van der Waals surface area contributed by atoms with E-state index in [9.17, 15) is 18.0 Å². The maximum atomic E-state index is 12.3. The molecule has 0 radical (unpaired) electrons. The van der Waals surface area contributed by atoms with Crippen LogP contribution < -0.4 is 10.6 Å². The normalized spacial score (nSPS) is 18.0. The zero-order chi connectivity index (χ0) is 19.4. The first-order valence-corrected chi connectivity index (χ1v) is 10.5.